The minimum absolute atomic E-state index is 0.303. The predicted octanol–water partition coefficient (Wildman–Crippen LogP) is 5.75. The van der Waals surface area contributed by atoms with Crippen LogP contribution in [0.1, 0.15) is 93.0 Å². The van der Waals surface area contributed by atoms with Crippen molar-refractivity contribution in [3.05, 3.63) is 23.2 Å². The lowest BCUT2D eigenvalue weighted by Gasteiger charge is -2.01. The third-order valence-electron chi connectivity index (χ3n) is 3.98. The normalized spacial score (nSPS) is 11.0. The van der Waals surface area contributed by atoms with E-state index in [-0.39, 0.29) is 0 Å². The molecule has 0 amide bonds. The van der Waals surface area contributed by atoms with Gasteiger partial charge in [0.1, 0.15) is 17.1 Å². The first-order valence-electron chi connectivity index (χ1n) is 8.47. The van der Waals surface area contributed by atoms with Crippen LogP contribution >= 0.6 is 0 Å². The average Bonchev–Trinajstić information content (AvgIpc) is 2.82. The number of aromatic carboxylic acids is 1. The molecular weight excluding hydrogens is 264 g/mol. The van der Waals surface area contributed by atoms with Gasteiger partial charge in [-0.3, -0.25) is 0 Å². The molecule has 0 aliphatic carbocycles. The third kappa shape index (κ3) is 7.35. The molecule has 1 aromatic rings. The van der Waals surface area contributed by atoms with Crippen LogP contribution in [0.15, 0.2) is 10.5 Å². The number of rotatable bonds is 12. The van der Waals surface area contributed by atoms with Crippen molar-refractivity contribution in [2.45, 2.75) is 84.5 Å². The zero-order valence-corrected chi connectivity index (χ0v) is 13.6. The molecule has 0 aliphatic heterocycles. The van der Waals surface area contributed by atoms with E-state index < -0.39 is 5.97 Å². The van der Waals surface area contributed by atoms with Crippen LogP contribution in [-0.2, 0) is 6.42 Å². The van der Waals surface area contributed by atoms with Crippen molar-refractivity contribution in [3.8, 4) is 0 Å². The van der Waals surface area contributed by atoms with Crippen molar-refractivity contribution >= 4 is 5.97 Å². The maximum atomic E-state index is 10.9. The summed E-state index contributed by atoms with van der Waals surface area (Å²) in [5, 5.41) is 8.97. The van der Waals surface area contributed by atoms with Crippen molar-refractivity contribution in [2.75, 3.05) is 0 Å². The first-order chi connectivity index (χ1) is 10.1. The first-order valence-corrected chi connectivity index (χ1v) is 8.47. The number of hydrogen-bond acceptors (Lipinski definition) is 2. The predicted molar refractivity (Wildman–Crippen MR) is 86.0 cm³/mol. The molecular formula is C18H30O3. The summed E-state index contributed by atoms with van der Waals surface area (Å²) in [4.78, 5) is 10.9. The lowest BCUT2D eigenvalue weighted by molar-refractivity contribution is 0.0695. The third-order valence-corrected chi connectivity index (χ3v) is 3.98. The Labute approximate surface area is 128 Å². The van der Waals surface area contributed by atoms with Crippen LogP contribution in [0.4, 0.5) is 0 Å². The molecule has 0 saturated heterocycles. The van der Waals surface area contributed by atoms with Crippen molar-refractivity contribution in [1.29, 1.82) is 0 Å². The summed E-state index contributed by atoms with van der Waals surface area (Å²) in [6.07, 6.45) is 13.9. The van der Waals surface area contributed by atoms with Crippen molar-refractivity contribution in [2.24, 2.45) is 0 Å². The van der Waals surface area contributed by atoms with Gasteiger partial charge >= 0.3 is 5.97 Å². The monoisotopic (exact) mass is 294 g/mol. The van der Waals surface area contributed by atoms with Gasteiger partial charge in [0.25, 0.3) is 0 Å². The quantitative estimate of drug-likeness (QED) is 0.499. The fourth-order valence-electron chi connectivity index (χ4n) is 2.67. The Kier molecular flexibility index (Phi) is 8.88. The first kappa shape index (κ1) is 17.8. The zero-order valence-electron chi connectivity index (χ0n) is 13.6. The van der Waals surface area contributed by atoms with Crippen molar-refractivity contribution < 1.29 is 14.3 Å². The number of carbonyl (C=O) groups is 1. The Balaban J connectivity index is 2.02. The number of unbranched alkanes of at least 4 members (excludes halogenated alkanes) is 9. The van der Waals surface area contributed by atoms with E-state index in [2.05, 4.69) is 6.92 Å². The molecule has 1 N–H and O–H groups in total. The lowest BCUT2D eigenvalue weighted by atomic mass is 10.1. The van der Waals surface area contributed by atoms with E-state index in [9.17, 15) is 4.79 Å². The molecule has 0 bridgehead atoms. The molecule has 21 heavy (non-hydrogen) atoms. The molecule has 0 fully saturated rings. The van der Waals surface area contributed by atoms with E-state index in [4.69, 9.17) is 9.52 Å². The molecule has 0 spiro atoms. The van der Waals surface area contributed by atoms with Gasteiger partial charge in [0, 0.05) is 6.42 Å². The summed E-state index contributed by atoms with van der Waals surface area (Å²) in [5.41, 5.74) is 0.303. The van der Waals surface area contributed by atoms with Crippen LogP contribution in [0.3, 0.4) is 0 Å². The van der Waals surface area contributed by atoms with E-state index in [1.54, 1.807) is 13.0 Å². The smallest absolute Gasteiger partial charge is 0.339 e. The van der Waals surface area contributed by atoms with Gasteiger partial charge in [0.2, 0.25) is 0 Å². The van der Waals surface area contributed by atoms with Crippen LogP contribution < -0.4 is 0 Å². The van der Waals surface area contributed by atoms with Crippen LogP contribution in [0.5, 0.6) is 0 Å². The summed E-state index contributed by atoms with van der Waals surface area (Å²) in [6.45, 7) is 3.96. The number of aryl methyl sites for hydroxylation is 2. The summed E-state index contributed by atoms with van der Waals surface area (Å²) in [6, 6.07) is 1.67. The van der Waals surface area contributed by atoms with Gasteiger partial charge in [-0.05, 0) is 19.4 Å². The van der Waals surface area contributed by atoms with Crippen LogP contribution in [0.25, 0.3) is 0 Å². The summed E-state index contributed by atoms with van der Waals surface area (Å²) < 4.78 is 5.48. The molecule has 1 rings (SSSR count). The molecule has 0 aromatic carbocycles. The van der Waals surface area contributed by atoms with Crippen LogP contribution in [0, 0.1) is 6.92 Å². The second kappa shape index (κ2) is 10.5. The van der Waals surface area contributed by atoms with Crippen molar-refractivity contribution in [3.63, 3.8) is 0 Å². The van der Waals surface area contributed by atoms with E-state index in [0.717, 1.165) is 18.6 Å². The molecule has 0 radical (unpaired) electrons. The van der Waals surface area contributed by atoms with Gasteiger partial charge in [-0.15, -0.1) is 0 Å². The lowest BCUT2D eigenvalue weighted by Crippen LogP contribution is -1.95. The highest BCUT2D eigenvalue weighted by Crippen LogP contribution is 2.17. The Bertz CT molecular complexity index is 407. The summed E-state index contributed by atoms with van der Waals surface area (Å²) >= 11 is 0. The molecule has 0 saturated carbocycles. The second-order valence-corrected chi connectivity index (χ2v) is 5.92. The second-order valence-electron chi connectivity index (χ2n) is 5.92. The SMILES string of the molecule is CCCCCCCCCCCCc1cc(C(=O)O)c(C)o1. The molecule has 120 valence electrons. The van der Waals surface area contributed by atoms with Gasteiger partial charge < -0.3 is 9.52 Å². The van der Waals surface area contributed by atoms with Gasteiger partial charge in [0.15, 0.2) is 0 Å². The average molecular weight is 294 g/mol. The molecule has 1 aromatic heterocycles. The molecule has 1 heterocycles. The van der Waals surface area contributed by atoms with E-state index >= 15 is 0 Å². The number of hydrogen-bond donors (Lipinski definition) is 1. The molecule has 3 nitrogen and oxygen atoms in total. The maximum Gasteiger partial charge on any atom is 0.339 e. The summed E-state index contributed by atoms with van der Waals surface area (Å²) in [7, 11) is 0. The van der Waals surface area contributed by atoms with Crippen LogP contribution in [-0.4, -0.2) is 11.1 Å². The highest BCUT2D eigenvalue weighted by molar-refractivity contribution is 5.88. The van der Waals surface area contributed by atoms with E-state index in [1.165, 1.54) is 57.8 Å². The molecule has 0 atom stereocenters. The zero-order chi connectivity index (χ0) is 15.5. The minimum atomic E-state index is -0.898. The fraction of sp³-hybridized carbons (Fsp3) is 0.722. The topological polar surface area (TPSA) is 50.4 Å². The highest BCUT2D eigenvalue weighted by Gasteiger charge is 2.12. The standard InChI is InChI=1S/C18H30O3/c1-3-4-5-6-7-8-9-10-11-12-13-16-14-17(18(19)20)15(2)21-16/h14H,3-13H2,1-2H3,(H,19,20). The number of carboxylic acid groups (broad SMARTS) is 1. The fourth-order valence-corrected chi connectivity index (χ4v) is 2.67. The van der Waals surface area contributed by atoms with Gasteiger partial charge in [-0.25, -0.2) is 4.79 Å². The van der Waals surface area contributed by atoms with E-state index in [1.807, 2.05) is 0 Å². The maximum absolute atomic E-state index is 10.9. The van der Waals surface area contributed by atoms with Crippen LogP contribution in [0.2, 0.25) is 0 Å². The molecule has 3 heteroatoms. The largest absolute Gasteiger partial charge is 0.478 e. The minimum Gasteiger partial charge on any atom is -0.478 e. The number of furan rings is 1. The Morgan fingerprint density at radius 1 is 1.00 bits per heavy atom. The Morgan fingerprint density at radius 3 is 2.00 bits per heavy atom. The highest BCUT2D eigenvalue weighted by atomic mass is 16.4. The van der Waals surface area contributed by atoms with E-state index in [0.29, 0.717) is 11.3 Å². The van der Waals surface area contributed by atoms with Gasteiger partial charge in [-0.1, -0.05) is 64.7 Å². The Morgan fingerprint density at radius 2 is 1.52 bits per heavy atom. The number of carboxylic acids is 1. The summed E-state index contributed by atoms with van der Waals surface area (Å²) in [5.74, 6) is 0.430. The molecule has 0 unspecified atom stereocenters. The van der Waals surface area contributed by atoms with Crippen molar-refractivity contribution in [1.82, 2.24) is 0 Å². The molecule has 0 aliphatic rings. The van der Waals surface area contributed by atoms with Gasteiger partial charge in [0.05, 0.1) is 0 Å². The Hall–Kier alpha value is -1.25. The van der Waals surface area contributed by atoms with Gasteiger partial charge in [-0.2, -0.15) is 0 Å².